The van der Waals surface area contributed by atoms with Crippen molar-refractivity contribution in [3.8, 4) is 0 Å². The molecule has 1 saturated heterocycles. The summed E-state index contributed by atoms with van der Waals surface area (Å²) in [5.41, 5.74) is 8.18. The summed E-state index contributed by atoms with van der Waals surface area (Å²) >= 11 is 0. The molecule has 0 bridgehead atoms. The summed E-state index contributed by atoms with van der Waals surface area (Å²) < 4.78 is 0. The fourth-order valence-electron chi connectivity index (χ4n) is 4.13. The predicted molar refractivity (Wildman–Crippen MR) is 86.6 cm³/mol. The van der Waals surface area contributed by atoms with Crippen molar-refractivity contribution < 1.29 is 0 Å². The SMILES string of the molecule is CCC1(CC)CC(N)CC(C)(C)N1Cc1ccccc1. The van der Waals surface area contributed by atoms with Crippen LogP contribution in [0.25, 0.3) is 0 Å². The highest BCUT2D eigenvalue weighted by Crippen LogP contribution is 2.42. The van der Waals surface area contributed by atoms with Gasteiger partial charge in [0.2, 0.25) is 0 Å². The van der Waals surface area contributed by atoms with E-state index in [1.165, 1.54) is 18.4 Å². The van der Waals surface area contributed by atoms with Gasteiger partial charge >= 0.3 is 0 Å². The summed E-state index contributed by atoms with van der Waals surface area (Å²) in [4.78, 5) is 2.72. The van der Waals surface area contributed by atoms with E-state index >= 15 is 0 Å². The lowest BCUT2D eigenvalue weighted by molar-refractivity contribution is -0.0663. The number of hydrogen-bond donors (Lipinski definition) is 1. The van der Waals surface area contributed by atoms with Crippen LogP contribution in [-0.4, -0.2) is 22.0 Å². The van der Waals surface area contributed by atoms with Gasteiger partial charge in [-0.1, -0.05) is 44.2 Å². The van der Waals surface area contributed by atoms with Gasteiger partial charge in [0.25, 0.3) is 0 Å². The van der Waals surface area contributed by atoms with Crippen molar-refractivity contribution in [1.29, 1.82) is 0 Å². The Morgan fingerprint density at radius 3 is 2.25 bits per heavy atom. The maximum atomic E-state index is 6.37. The van der Waals surface area contributed by atoms with E-state index < -0.39 is 0 Å². The standard InChI is InChI=1S/C18H30N2/c1-5-18(6-2)13-16(19)12-17(3,4)20(18)14-15-10-8-7-9-11-15/h7-11,16H,5-6,12-14,19H2,1-4H3. The van der Waals surface area contributed by atoms with E-state index in [2.05, 4.69) is 62.9 Å². The normalized spacial score (nSPS) is 25.6. The molecule has 1 aromatic carbocycles. The second-order valence-electron chi connectivity index (χ2n) is 6.98. The molecule has 1 fully saturated rings. The van der Waals surface area contributed by atoms with Crippen molar-refractivity contribution in [3.63, 3.8) is 0 Å². The van der Waals surface area contributed by atoms with Gasteiger partial charge in [-0.15, -0.1) is 0 Å². The van der Waals surface area contributed by atoms with Gasteiger partial charge in [0, 0.05) is 23.7 Å². The summed E-state index contributed by atoms with van der Waals surface area (Å²) in [5.74, 6) is 0. The van der Waals surface area contributed by atoms with E-state index in [1.807, 2.05) is 0 Å². The highest BCUT2D eigenvalue weighted by atomic mass is 15.3. The number of nitrogens with two attached hydrogens (primary N) is 1. The van der Waals surface area contributed by atoms with Crippen molar-refractivity contribution in [3.05, 3.63) is 35.9 Å². The summed E-state index contributed by atoms with van der Waals surface area (Å²) in [6.45, 7) is 10.4. The number of likely N-dealkylation sites (tertiary alicyclic amines) is 1. The third-order valence-corrected chi connectivity index (χ3v) is 5.21. The molecule has 112 valence electrons. The summed E-state index contributed by atoms with van der Waals surface area (Å²) in [7, 11) is 0. The van der Waals surface area contributed by atoms with Gasteiger partial charge in [-0.25, -0.2) is 0 Å². The molecular weight excluding hydrogens is 244 g/mol. The smallest absolute Gasteiger partial charge is 0.0244 e. The van der Waals surface area contributed by atoms with Crippen LogP contribution >= 0.6 is 0 Å². The quantitative estimate of drug-likeness (QED) is 0.901. The largest absolute Gasteiger partial charge is 0.328 e. The fourth-order valence-corrected chi connectivity index (χ4v) is 4.13. The molecule has 0 radical (unpaired) electrons. The third kappa shape index (κ3) is 2.91. The average molecular weight is 274 g/mol. The van der Waals surface area contributed by atoms with Crippen molar-refractivity contribution in [2.45, 2.75) is 77.0 Å². The lowest BCUT2D eigenvalue weighted by atomic mass is 9.72. The zero-order valence-corrected chi connectivity index (χ0v) is 13.5. The van der Waals surface area contributed by atoms with Gasteiger partial charge < -0.3 is 5.73 Å². The van der Waals surface area contributed by atoms with Crippen LogP contribution in [0, 0.1) is 0 Å². The molecule has 1 aliphatic heterocycles. The predicted octanol–water partition coefficient (Wildman–Crippen LogP) is 3.95. The first kappa shape index (κ1) is 15.5. The van der Waals surface area contributed by atoms with E-state index in [1.54, 1.807) is 0 Å². The highest BCUT2D eigenvalue weighted by Gasteiger charge is 2.47. The van der Waals surface area contributed by atoms with Crippen molar-refractivity contribution in [2.24, 2.45) is 5.73 Å². The first-order chi connectivity index (χ1) is 9.43. The van der Waals surface area contributed by atoms with E-state index in [9.17, 15) is 0 Å². The molecule has 1 heterocycles. The molecule has 2 nitrogen and oxygen atoms in total. The Hall–Kier alpha value is -0.860. The number of rotatable bonds is 4. The second kappa shape index (κ2) is 5.87. The van der Waals surface area contributed by atoms with Gasteiger partial charge in [-0.3, -0.25) is 4.90 Å². The zero-order valence-electron chi connectivity index (χ0n) is 13.5. The first-order valence-electron chi connectivity index (χ1n) is 8.01. The molecular formula is C18H30N2. The van der Waals surface area contributed by atoms with Crippen LogP contribution in [-0.2, 0) is 6.54 Å². The molecule has 20 heavy (non-hydrogen) atoms. The van der Waals surface area contributed by atoms with Gasteiger partial charge in [-0.05, 0) is 45.1 Å². The van der Waals surface area contributed by atoms with Gasteiger partial charge in [-0.2, -0.15) is 0 Å². The van der Waals surface area contributed by atoms with E-state index in [4.69, 9.17) is 5.73 Å². The monoisotopic (exact) mass is 274 g/mol. The van der Waals surface area contributed by atoms with Crippen molar-refractivity contribution in [1.82, 2.24) is 4.90 Å². The Morgan fingerprint density at radius 1 is 1.10 bits per heavy atom. The highest BCUT2D eigenvalue weighted by molar-refractivity contribution is 5.17. The Labute approximate surface area is 124 Å². The van der Waals surface area contributed by atoms with Crippen LogP contribution in [0.5, 0.6) is 0 Å². The number of piperidine rings is 1. The van der Waals surface area contributed by atoms with Crippen LogP contribution in [0.15, 0.2) is 30.3 Å². The molecule has 0 saturated carbocycles. The van der Waals surface area contributed by atoms with E-state index in [0.29, 0.717) is 6.04 Å². The number of benzene rings is 1. The van der Waals surface area contributed by atoms with E-state index in [-0.39, 0.29) is 11.1 Å². The molecule has 2 N–H and O–H groups in total. The molecule has 0 amide bonds. The molecule has 0 aromatic heterocycles. The van der Waals surface area contributed by atoms with Crippen molar-refractivity contribution in [2.75, 3.05) is 0 Å². The second-order valence-corrected chi connectivity index (χ2v) is 6.98. The lowest BCUT2D eigenvalue weighted by Crippen LogP contribution is -2.64. The Bertz CT molecular complexity index is 420. The van der Waals surface area contributed by atoms with Crippen molar-refractivity contribution >= 4 is 0 Å². The topological polar surface area (TPSA) is 29.3 Å². The maximum absolute atomic E-state index is 6.37. The minimum atomic E-state index is 0.166. The Balaban J connectivity index is 2.33. The summed E-state index contributed by atoms with van der Waals surface area (Å²) in [6, 6.07) is 11.2. The molecule has 0 aliphatic carbocycles. The minimum absolute atomic E-state index is 0.166. The number of nitrogens with zero attached hydrogens (tertiary/aromatic N) is 1. The Morgan fingerprint density at radius 2 is 1.70 bits per heavy atom. The molecule has 1 aliphatic rings. The fraction of sp³-hybridized carbons (Fsp3) is 0.667. The Kier molecular flexibility index (Phi) is 4.55. The van der Waals surface area contributed by atoms with Gasteiger partial charge in [0.1, 0.15) is 0 Å². The van der Waals surface area contributed by atoms with Crippen LogP contribution in [0.3, 0.4) is 0 Å². The molecule has 2 rings (SSSR count). The lowest BCUT2D eigenvalue weighted by Gasteiger charge is -2.57. The maximum Gasteiger partial charge on any atom is 0.0244 e. The van der Waals surface area contributed by atoms with Gasteiger partial charge in [0.05, 0.1) is 0 Å². The molecule has 1 aromatic rings. The van der Waals surface area contributed by atoms with Crippen LogP contribution in [0.4, 0.5) is 0 Å². The molecule has 1 unspecified atom stereocenters. The van der Waals surface area contributed by atoms with Crippen LogP contribution in [0.2, 0.25) is 0 Å². The van der Waals surface area contributed by atoms with E-state index in [0.717, 1.165) is 19.4 Å². The molecule has 2 heteroatoms. The first-order valence-corrected chi connectivity index (χ1v) is 8.01. The van der Waals surface area contributed by atoms with Crippen LogP contribution in [0.1, 0.15) is 58.9 Å². The average Bonchev–Trinajstić information content (AvgIpc) is 2.42. The molecule has 1 atom stereocenters. The summed E-state index contributed by atoms with van der Waals surface area (Å²) in [5, 5.41) is 0. The zero-order chi connectivity index (χ0) is 14.8. The molecule has 0 spiro atoms. The third-order valence-electron chi connectivity index (χ3n) is 5.21. The number of hydrogen-bond acceptors (Lipinski definition) is 2. The van der Waals surface area contributed by atoms with Crippen LogP contribution < -0.4 is 5.73 Å². The minimum Gasteiger partial charge on any atom is -0.328 e. The summed E-state index contributed by atoms with van der Waals surface area (Å²) in [6.07, 6.45) is 4.55. The van der Waals surface area contributed by atoms with Gasteiger partial charge in [0.15, 0.2) is 0 Å².